The number of hydrogen-bond acceptors (Lipinski definition) is 3. The summed E-state index contributed by atoms with van der Waals surface area (Å²) < 4.78 is 0. The Labute approximate surface area is 49.3 Å². The van der Waals surface area contributed by atoms with Gasteiger partial charge in [0.1, 0.15) is 0 Å². The van der Waals surface area contributed by atoms with Crippen LogP contribution in [0.4, 0.5) is 0 Å². The first kappa shape index (κ1) is 7.88. The lowest BCUT2D eigenvalue weighted by Crippen LogP contribution is -2.28. The quantitative estimate of drug-likeness (QED) is 0.442. The van der Waals surface area contributed by atoms with Crippen LogP contribution in [0.15, 0.2) is 0 Å². The summed E-state index contributed by atoms with van der Waals surface area (Å²) in [6.07, 6.45) is -0.602. The van der Waals surface area contributed by atoms with E-state index in [0.717, 1.165) is 6.54 Å². The van der Waals surface area contributed by atoms with Gasteiger partial charge in [0, 0.05) is 6.54 Å². The molecule has 0 saturated carbocycles. The van der Waals surface area contributed by atoms with Crippen molar-refractivity contribution >= 4 is 0 Å². The highest BCUT2D eigenvalue weighted by atomic mass is 16.3. The molecule has 0 radical (unpaired) electrons. The molecule has 8 heavy (non-hydrogen) atoms. The average Bonchev–Trinajstić information content (AvgIpc) is 1.83. The molecule has 0 aromatic rings. The molecule has 0 aromatic heterocycles. The van der Waals surface area contributed by atoms with E-state index >= 15 is 0 Å². The van der Waals surface area contributed by atoms with Crippen LogP contribution in [0.2, 0.25) is 0 Å². The van der Waals surface area contributed by atoms with Gasteiger partial charge in [-0.3, -0.25) is 0 Å². The maximum absolute atomic E-state index is 8.68. The molecule has 0 aliphatic rings. The molecule has 0 fully saturated rings. The predicted molar refractivity (Wildman–Crippen MR) is 31.6 cm³/mol. The molecule has 0 heterocycles. The second-order valence-electron chi connectivity index (χ2n) is 1.64. The van der Waals surface area contributed by atoms with Crippen molar-refractivity contribution in [3.8, 4) is 0 Å². The molecule has 3 heteroatoms. The molecule has 3 nitrogen and oxygen atoms in total. The minimum atomic E-state index is -0.602. The first-order chi connectivity index (χ1) is 3.81. The number of rotatable bonds is 4. The van der Waals surface area contributed by atoms with Gasteiger partial charge < -0.3 is 15.5 Å². The largest absolute Gasteiger partial charge is 0.394 e. The van der Waals surface area contributed by atoms with Crippen LogP contribution in [0.25, 0.3) is 0 Å². The molecule has 3 N–H and O–H groups in total. The van der Waals surface area contributed by atoms with E-state index in [9.17, 15) is 0 Å². The lowest BCUT2D eigenvalue weighted by atomic mass is 10.4. The van der Waals surface area contributed by atoms with Gasteiger partial charge in [0.05, 0.1) is 12.7 Å². The van der Waals surface area contributed by atoms with Gasteiger partial charge in [-0.2, -0.15) is 0 Å². The molecule has 1 atom stereocenters. The van der Waals surface area contributed by atoms with E-state index in [4.69, 9.17) is 10.2 Å². The number of likely N-dealkylation sites (N-methyl/N-ethyl adjacent to an activating group) is 1. The van der Waals surface area contributed by atoms with E-state index in [1.54, 1.807) is 0 Å². The van der Waals surface area contributed by atoms with Gasteiger partial charge in [0.2, 0.25) is 0 Å². The number of aliphatic hydroxyl groups excluding tert-OH is 2. The molecule has 0 amide bonds. The Morgan fingerprint density at radius 1 is 1.62 bits per heavy atom. The second-order valence-corrected chi connectivity index (χ2v) is 1.64. The Morgan fingerprint density at radius 2 is 2.25 bits per heavy atom. The van der Waals surface area contributed by atoms with Crippen molar-refractivity contribution in [3.63, 3.8) is 0 Å². The average molecular weight is 119 g/mol. The fraction of sp³-hybridized carbons (Fsp3) is 1.00. The second kappa shape index (κ2) is 5.03. The molecule has 0 aliphatic heterocycles. The van der Waals surface area contributed by atoms with Crippen LogP contribution in [-0.2, 0) is 0 Å². The van der Waals surface area contributed by atoms with Crippen molar-refractivity contribution in [2.75, 3.05) is 19.7 Å². The highest BCUT2D eigenvalue weighted by Crippen LogP contribution is 1.74. The minimum absolute atomic E-state index is 0.160. The van der Waals surface area contributed by atoms with Crippen molar-refractivity contribution in [3.05, 3.63) is 0 Å². The van der Waals surface area contributed by atoms with Crippen LogP contribution in [0.5, 0.6) is 0 Å². The lowest BCUT2D eigenvalue weighted by Gasteiger charge is -2.05. The molecule has 1 unspecified atom stereocenters. The summed E-state index contributed by atoms with van der Waals surface area (Å²) >= 11 is 0. The summed E-state index contributed by atoms with van der Waals surface area (Å²) in [4.78, 5) is 0. The molecule has 0 aliphatic carbocycles. The highest BCUT2D eigenvalue weighted by molar-refractivity contribution is 4.54. The van der Waals surface area contributed by atoms with Crippen LogP contribution >= 0.6 is 0 Å². The Bertz CT molecular complexity index is 49.7. The Hall–Kier alpha value is -0.120. The minimum Gasteiger partial charge on any atom is -0.394 e. The molecular formula is C5H13NO2. The van der Waals surface area contributed by atoms with Crippen LogP contribution in [0.3, 0.4) is 0 Å². The summed E-state index contributed by atoms with van der Waals surface area (Å²) in [5.74, 6) is 0. The third-order valence-electron chi connectivity index (χ3n) is 0.841. The predicted octanol–water partition coefficient (Wildman–Crippen LogP) is -1.05. The zero-order valence-electron chi connectivity index (χ0n) is 5.09. The first-order valence-corrected chi connectivity index (χ1v) is 2.81. The molecule has 0 aromatic carbocycles. The standard InChI is InChI=1S/C5H13NO2/c1-2-6-3-5(8)4-7/h5-8H,2-4H2,1H3. The van der Waals surface area contributed by atoms with Gasteiger partial charge in [-0.05, 0) is 6.54 Å². The summed E-state index contributed by atoms with van der Waals surface area (Å²) in [6, 6.07) is 0. The van der Waals surface area contributed by atoms with E-state index in [-0.39, 0.29) is 6.61 Å². The van der Waals surface area contributed by atoms with Crippen molar-refractivity contribution in [2.45, 2.75) is 13.0 Å². The van der Waals surface area contributed by atoms with E-state index in [0.29, 0.717) is 6.54 Å². The monoisotopic (exact) mass is 119 g/mol. The normalized spacial score (nSPS) is 13.9. The molecule has 50 valence electrons. The third kappa shape index (κ3) is 4.05. The van der Waals surface area contributed by atoms with Crippen molar-refractivity contribution in [1.29, 1.82) is 0 Å². The maximum atomic E-state index is 8.68. The van der Waals surface area contributed by atoms with Crippen LogP contribution < -0.4 is 5.32 Å². The van der Waals surface area contributed by atoms with Crippen molar-refractivity contribution in [2.24, 2.45) is 0 Å². The first-order valence-electron chi connectivity index (χ1n) is 2.81. The lowest BCUT2D eigenvalue weighted by molar-refractivity contribution is 0.0949. The van der Waals surface area contributed by atoms with E-state index < -0.39 is 6.10 Å². The number of aliphatic hydroxyl groups is 2. The van der Waals surface area contributed by atoms with E-state index in [2.05, 4.69) is 5.32 Å². The zero-order chi connectivity index (χ0) is 6.41. The topological polar surface area (TPSA) is 52.5 Å². The molecule has 0 bridgehead atoms. The Morgan fingerprint density at radius 3 is 2.62 bits per heavy atom. The highest BCUT2D eigenvalue weighted by Gasteiger charge is 1.96. The fourth-order valence-electron chi connectivity index (χ4n) is 0.375. The van der Waals surface area contributed by atoms with Gasteiger partial charge in [0.15, 0.2) is 0 Å². The Kier molecular flexibility index (Phi) is 4.95. The summed E-state index contributed by atoms with van der Waals surface area (Å²) in [5.41, 5.74) is 0. The van der Waals surface area contributed by atoms with E-state index in [1.165, 1.54) is 0 Å². The summed E-state index contributed by atoms with van der Waals surface area (Å²) in [6.45, 7) is 3.10. The van der Waals surface area contributed by atoms with Crippen LogP contribution in [0.1, 0.15) is 6.92 Å². The van der Waals surface area contributed by atoms with Gasteiger partial charge >= 0.3 is 0 Å². The maximum Gasteiger partial charge on any atom is 0.0894 e. The number of nitrogens with one attached hydrogen (secondary N) is 1. The molecule has 0 rings (SSSR count). The summed E-state index contributed by atoms with van der Waals surface area (Å²) in [5, 5.41) is 19.8. The van der Waals surface area contributed by atoms with Crippen molar-refractivity contribution < 1.29 is 10.2 Å². The molecule has 0 saturated heterocycles. The summed E-state index contributed by atoms with van der Waals surface area (Å²) in [7, 11) is 0. The smallest absolute Gasteiger partial charge is 0.0894 e. The SMILES string of the molecule is CCNCC(O)CO. The number of hydrogen-bond donors (Lipinski definition) is 3. The van der Waals surface area contributed by atoms with Gasteiger partial charge in [0.25, 0.3) is 0 Å². The van der Waals surface area contributed by atoms with E-state index in [1.807, 2.05) is 6.92 Å². The van der Waals surface area contributed by atoms with Gasteiger partial charge in [-0.25, -0.2) is 0 Å². The van der Waals surface area contributed by atoms with Crippen LogP contribution in [-0.4, -0.2) is 36.0 Å². The molecular weight excluding hydrogens is 106 g/mol. The van der Waals surface area contributed by atoms with Crippen LogP contribution in [0, 0.1) is 0 Å². The zero-order valence-corrected chi connectivity index (χ0v) is 5.09. The molecule has 0 spiro atoms. The Balaban J connectivity index is 2.86. The van der Waals surface area contributed by atoms with Crippen molar-refractivity contribution in [1.82, 2.24) is 5.32 Å². The van der Waals surface area contributed by atoms with Gasteiger partial charge in [-0.1, -0.05) is 6.92 Å². The fourth-order valence-corrected chi connectivity index (χ4v) is 0.375. The third-order valence-corrected chi connectivity index (χ3v) is 0.841. The van der Waals surface area contributed by atoms with Gasteiger partial charge in [-0.15, -0.1) is 0 Å².